The number of nitrogens with zero attached hydrogens (tertiary/aromatic N) is 2. The highest BCUT2D eigenvalue weighted by Crippen LogP contribution is 2.32. The molecule has 0 spiro atoms. The second-order valence-electron chi connectivity index (χ2n) is 10.3. The Morgan fingerprint density at radius 1 is 0.882 bits per heavy atom. The van der Waals surface area contributed by atoms with Gasteiger partial charge in [0.15, 0.2) is 11.6 Å². The summed E-state index contributed by atoms with van der Waals surface area (Å²) in [6.07, 6.45) is 7.80. The fourth-order valence-corrected chi connectivity index (χ4v) is 6.13. The maximum atomic E-state index is 13.9. The van der Waals surface area contributed by atoms with Crippen molar-refractivity contribution in [2.24, 2.45) is 5.92 Å². The number of benzene rings is 2. The molecule has 0 radical (unpaired) electrons. The number of carbonyl (C=O) groups is 2. The number of nitrogens with one attached hydrogen (secondary N) is 1. The van der Waals surface area contributed by atoms with E-state index in [1.165, 1.54) is 30.5 Å². The minimum Gasteiger partial charge on any atom is -0.380 e. The van der Waals surface area contributed by atoms with E-state index in [1.807, 2.05) is 12.1 Å². The lowest BCUT2D eigenvalue weighted by Gasteiger charge is -2.45. The fourth-order valence-electron chi connectivity index (χ4n) is 6.13. The first-order valence-electron chi connectivity index (χ1n) is 13.1. The first-order chi connectivity index (χ1) is 16.6. The number of rotatable bonds is 6. The highest BCUT2D eigenvalue weighted by atomic mass is 16.1. The van der Waals surface area contributed by atoms with E-state index in [9.17, 15) is 9.59 Å². The smallest absolute Gasteiger partial charge is 0.159 e. The predicted octanol–water partition coefficient (Wildman–Crippen LogP) is 4.96. The van der Waals surface area contributed by atoms with Crippen LogP contribution in [0.5, 0.6) is 0 Å². The molecule has 2 aromatic rings. The van der Waals surface area contributed by atoms with Gasteiger partial charge in [0.2, 0.25) is 0 Å². The van der Waals surface area contributed by atoms with Crippen molar-refractivity contribution in [3.63, 3.8) is 0 Å². The van der Waals surface area contributed by atoms with Gasteiger partial charge < -0.3 is 10.2 Å². The summed E-state index contributed by atoms with van der Waals surface area (Å²) in [4.78, 5) is 30.4. The molecule has 2 atom stereocenters. The maximum absolute atomic E-state index is 13.9. The molecule has 3 aliphatic rings. The Bertz CT molecular complexity index is 1000. The molecular weight excluding hydrogens is 422 g/mol. The molecule has 180 valence electrons. The predicted molar refractivity (Wildman–Crippen MR) is 138 cm³/mol. The van der Waals surface area contributed by atoms with Gasteiger partial charge in [-0.25, -0.2) is 0 Å². The molecule has 1 saturated heterocycles. The third-order valence-corrected chi connectivity index (χ3v) is 8.11. The normalized spacial score (nSPS) is 22.5. The average Bonchev–Trinajstić information content (AvgIpc) is 2.89. The molecular formula is C29H37N3O2. The van der Waals surface area contributed by atoms with Gasteiger partial charge in [-0.1, -0.05) is 37.5 Å². The number of hydrogen-bond acceptors (Lipinski definition) is 5. The van der Waals surface area contributed by atoms with Crippen molar-refractivity contribution in [2.45, 2.75) is 64.0 Å². The van der Waals surface area contributed by atoms with Gasteiger partial charge in [-0.05, 0) is 68.5 Å². The molecule has 2 unspecified atom stereocenters. The second kappa shape index (κ2) is 10.3. The highest BCUT2D eigenvalue weighted by Gasteiger charge is 2.40. The van der Waals surface area contributed by atoms with Crippen LogP contribution in [0, 0.1) is 5.92 Å². The third kappa shape index (κ3) is 4.90. The van der Waals surface area contributed by atoms with Crippen molar-refractivity contribution < 1.29 is 9.59 Å². The van der Waals surface area contributed by atoms with Crippen molar-refractivity contribution in [3.8, 4) is 0 Å². The molecule has 2 aliphatic heterocycles. The quantitative estimate of drug-likeness (QED) is 0.619. The first kappa shape index (κ1) is 23.1. The van der Waals surface area contributed by atoms with Crippen LogP contribution in [-0.4, -0.2) is 54.7 Å². The number of aryl methyl sites for hydroxylation is 1. The molecule has 1 aliphatic carbocycles. The van der Waals surface area contributed by atoms with Gasteiger partial charge in [0.25, 0.3) is 0 Å². The molecule has 2 heterocycles. The molecule has 2 aromatic carbocycles. The number of carbonyl (C=O) groups excluding carboxylic acids is 2. The van der Waals surface area contributed by atoms with Crippen LogP contribution < -0.4 is 10.2 Å². The van der Waals surface area contributed by atoms with Gasteiger partial charge in [0, 0.05) is 55.1 Å². The summed E-state index contributed by atoms with van der Waals surface area (Å²) in [6.45, 7) is 5.18. The van der Waals surface area contributed by atoms with E-state index in [2.05, 4.69) is 51.5 Å². The first-order valence-corrected chi connectivity index (χ1v) is 13.1. The van der Waals surface area contributed by atoms with E-state index in [4.69, 9.17) is 0 Å². The number of hydrogen-bond donors (Lipinski definition) is 1. The molecule has 34 heavy (non-hydrogen) atoms. The van der Waals surface area contributed by atoms with Gasteiger partial charge in [-0.3, -0.25) is 14.5 Å². The summed E-state index contributed by atoms with van der Waals surface area (Å²) < 4.78 is 0. The standard InChI is InChI=1S/C29H37N3O2/c1-21(33)22-11-14-25(15-12-22)31-17-19-32(20-18-31)28(29(34)24-8-3-2-4-9-24)27-16-13-23-7-5-6-10-26(23)30-27/h5-7,10-12,14-15,24,27-28,30H,2-4,8-9,13,16-20H2,1H3. The monoisotopic (exact) mass is 459 g/mol. The van der Waals surface area contributed by atoms with Crippen LogP contribution in [0.4, 0.5) is 11.4 Å². The van der Waals surface area contributed by atoms with Crippen molar-refractivity contribution in [3.05, 3.63) is 59.7 Å². The molecule has 5 rings (SSSR count). The average molecular weight is 460 g/mol. The van der Waals surface area contributed by atoms with E-state index in [-0.39, 0.29) is 23.8 Å². The third-order valence-electron chi connectivity index (χ3n) is 8.11. The SMILES string of the molecule is CC(=O)c1ccc(N2CCN(C(C(=O)C3CCCCC3)C3CCc4ccccc4N3)CC2)cc1. The summed E-state index contributed by atoms with van der Waals surface area (Å²) in [7, 11) is 0. The van der Waals surface area contributed by atoms with Crippen LogP contribution in [0.1, 0.15) is 61.4 Å². The minimum absolute atomic E-state index is 0.0568. The second-order valence-corrected chi connectivity index (χ2v) is 10.3. The van der Waals surface area contributed by atoms with Crippen molar-refractivity contribution in [1.29, 1.82) is 0 Å². The Morgan fingerprint density at radius 2 is 1.59 bits per heavy atom. The summed E-state index contributed by atoms with van der Waals surface area (Å²) in [5.74, 6) is 0.785. The Labute approximate surface area is 203 Å². The van der Waals surface area contributed by atoms with Gasteiger partial charge >= 0.3 is 0 Å². The van der Waals surface area contributed by atoms with E-state index >= 15 is 0 Å². The molecule has 0 aromatic heterocycles. The summed E-state index contributed by atoms with van der Waals surface area (Å²) in [5.41, 5.74) is 4.47. The van der Waals surface area contributed by atoms with Gasteiger partial charge in [0.05, 0.1) is 6.04 Å². The van der Waals surface area contributed by atoms with Crippen LogP contribution in [0.25, 0.3) is 0 Å². The van der Waals surface area contributed by atoms with Crippen molar-refractivity contribution in [1.82, 2.24) is 4.90 Å². The molecule has 0 amide bonds. The van der Waals surface area contributed by atoms with Crippen LogP contribution in [-0.2, 0) is 11.2 Å². The topological polar surface area (TPSA) is 52.7 Å². The number of anilines is 2. The molecule has 1 saturated carbocycles. The van der Waals surface area contributed by atoms with Crippen LogP contribution in [0.3, 0.4) is 0 Å². The molecule has 0 bridgehead atoms. The molecule has 1 N–H and O–H groups in total. The lowest BCUT2D eigenvalue weighted by Crippen LogP contribution is -2.60. The van der Waals surface area contributed by atoms with Gasteiger partial charge in [-0.2, -0.15) is 0 Å². The summed E-state index contributed by atoms with van der Waals surface area (Å²) >= 11 is 0. The molecule has 2 fully saturated rings. The fraction of sp³-hybridized carbons (Fsp3) is 0.517. The molecule has 5 nitrogen and oxygen atoms in total. The van der Waals surface area contributed by atoms with Crippen molar-refractivity contribution >= 4 is 22.9 Å². The van der Waals surface area contributed by atoms with Crippen LogP contribution >= 0.6 is 0 Å². The Balaban J connectivity index is 1.31. The van der Waals surface area contributed by atoms with Crippen molar-refractivity contribution in [2.75, 3.05) is 36.4 Å². The summed E-state index contributed by atoms with van der Waals surface area (Å²) in [5, 5.41) is 3.77. The number of para-hydroxylation sites is 1. The zero-order valence-corrected chi connectivity index (χ0v) is 20.3. The number of ketones is 2. The maximum Gasteiger partial charge on any atom is 0.159 e. The van der Waals surface area contributed by atoms with Gasteiger partial charge in [-0.15, -0.1) is 0 Å². The number of fused-ring (bicyclic) bond motifs is 1. The van der Waals surface area contributed by atoms with Gasteiger partial charge in [0.1, 0.15) is 0 Å². The van der Waals surface area contributed by atoms with Crippen LogP contribution in [0.15, 0.2) is 48.5 Å². The molecule has 5 heteroatoms. The van der Waals surface area contributed by atoms with Crippen LogP contribution in [0.2, 0.25) is 0 Å². The highest BCUT2D eigenvalue weighted by molar-refractivity contribution is 5.94. The zero-order chi connectivity index (χ0) is 23.5. The largest absolute Gasteiger partial charge is 0.380 e. The summed E-state index contributed by atoms with van der Waals surface area (Å²) in [6, 6.07) is 16.6. The zero-order valence-electron chi connectivity index (χ0n) is 20.3. The Kier molecular flexibility index (Phi) is 7.00. The van der Waals surface area contributed by atoms with E-state index < -0.39 is 0 Å². The lowest BCUT2D eigenvalue weighted by atomic mass is 9.80. The number of Topliss-reactive ketones (excluding diaryl/α,β-unsaturated/α-hetero) is 2. The number of piperazine rings is 1. The Hall–Kier alpha value is -2.66. The van der Waals surface area contributed by atoms with E-state index in [0.29, 0.717) is 5.78 Å². The van der Waals surface area contributed by atoms with E-state index in [1.54, 1.807) is 6.92 Å². The Morgan fingerprint density at radius 3 is 2.29 bits per heavy atom. The van der Waals surface area contributed by atoms with E-state index in [0.717, 1.165) is 63.1 Å². The lowest BCUT2D eigenvalue weighted by molar-refractivity contribution is -0.130. The minimum atomic E-state index is -0.0568.